The largest absolute Gasteiger partial charge is 0.388 e. The van der Waals surface area contributed by atoms with Gasteiger partial charge in [0, 0.05) is 16.1 Å². The summed E-state index contributed by atoms with van der Waals surface area (Å²) in [6, 6.07) is 5.78. The van der Waals surface area contributed by atoms with Crippen molar-refractivity contribution in [1.29, 1.82) is 0 Å². The van der Waals surface area contributed by atoms with E-state index in [0.29, 0.717) is 16.7 Å². The predicted octanol–water partition coefficient (Wildman–Crippen LogP) is 3.43. The molecule has 0 amide bonds. The molecule has 0 aliphatic rings. The minimum Gasteiger partial charge on any atom is -0.388 e. The lowest BCUT2D eigenvalue weighted by atomic mass is 10.2. The van der Waals surface area contributed by atoms with E-state index >= 15 is 0 Å². The second kappa shape index (κ2) is 5.38. The van der Waals surface area contributed by atoms with Gasteiger partial charge in [-0.2, -0.15) is 0 Å². The molecule has 0 spiro atoms. The molecule has 1 aromatic carbocycles. The van der Waals surface area contributed by atoms with Crippen LogP contribution < -0.4 is 0 Å². The third-order valence-corrected chi connectivity index (χ3v) is 3.83. The van der Waals surface area contributed by atoms with Crippen molar-refractivity contribution in [1.82, 2.24) is 14.8 Å². The zero-order valence-corrected chi connectivity index (χ0v) is 12.4. The Morgan fingerprint density at radius 2 is 2.11 bits per heavy atom. The smallest absolute Gasteiger partial charge is 0.164 e. The molecule has 1 aromatic heterocycles. The normalized spacial score (nSPS) is 11.2. The summed E-state index contributed by atoms with van der Waals surface area (Å²) in [7, 11) is 0. The molecule has 0 fully saturated rings. The third-order valence-electron chi connectivity index (χ3n) is 2.60. The highest BCUT2D eigenvalue weighted by Gasteiger charge is 2.16. The fourth-order valence-corrected chi connectivity index (χ4v) is 2.23. The van der Waals surface area contributed by atoms with Crippen LogP contribution in [0, 0.1) is 0 Å². The highest BCUT2D eigenvalue weighted by atomic mass is 79.9. The van der Waals surface area contributed by atoms with Gasteiger partial charge in [-0.15, -0.1) is 10.2 Å². The van der Waals surface area contributed by atoms with Crippen molar-refractivity contribution in [2.24, 2.45) is 0 Å². The Bertz CT molecular complexity index is 568. The van der Waals surface area contributed by atoms with Crippen LogP contribution in [0.4, 0.5) is 0 Å². The van der Waals surface area contributed by atoms with Crippen LogP contribution in [0.2, 0.25) is 5.02 Å². The lowest BCUT2D eigenvalue weighted by Gasteiger charge is -2.13. The first-order chi connectivity index (χ1) is 8.54. The van der Waals surface area contributed by atoms with Gasteiger partial charge in [-0.3, -0.25) is 0 Å². The van der Waals surface area contributed by atoms with Crippen LogP contribution in [0.25, 0.3) is 11.4 Å². The van der Waals surface area contributed by atoms with Crippen LogP contribution in [-0.4, -0.2) is 19.9 Å². The van der Waals surface area contributed by atoms with Gasteiger partial charge in [0.1, 0.15) is 6.61 Å². The summed E-state index contributed by atoms with van der Waals surface area (Å²) < 4.78 is 2.74. The standard InChI is InChI=1S/C12H13BrClN3O/c1-7(2)17-11(6-18)15-16-12(17)8-3-4-9(13)10(14)5-8/h3-5,7,18H,6H2,1-2H3. The van der Waals surface area contributed by atoms with E-state index in [1.165, 1.54) is 0 Å². The van der Waals surface area contributed by atoms with Crippen molar-refractivity contribution < 1.29 is 5.11 Å². The molecule has 0 aliphatic carbocycles. The van der Waals surface area contributed by atoms with Crippen molar-refractivity contribution >= 4 is 27.5 Å². The first-order valence-electron chi connectivity index (χ1n) is 5.54. The highest BCUT2D eigenvalue weighted by Crippen LogP contribution is 2.29. The molecule has 0 saturated heterocycles. The van der Waals surface area contributed by atoms with Crippen molar-refractivity contribution in [3.8, 4) is 11.4 Å². The Hall–Kier alpha value is -0.910. The Kier molecular flexibility index (Phi) is 4.04. The van der Waals surface area contributed by atoms with E-state index in [1.54, 1.807) is 0 Å². The van der Waals surface area contributed by atoms with Gasteiger partial charge in [0.25, 0.3) is 0 Å². The van der Waals surface area contributed by atoms with E-state index < -0.39 is 0 Å². The maximum atomic E-state index is 9.27. The molecular weight excluding hydrogens is 318 g/mol. The molecule has 1 N–H and O–H groups in total. The lowest BCUT2D eigenvalue weighted by Crippen LogP contribution is -2.08. The Labute approximate surface area is 119 Å². The summed E-state index contributed by atoms with van der Waals surface area (Å²) in [5.74, 6) is 1.27. The molecule has 0 saturated carbocycles. The molecule has 0 atom stereocenters. The van der Waals surface area contributed by atoms with Gasteiger partial charge >= 0.3 is 0 Å². The molecule has 96 valence electrons. The zero-order chi connectivity index (χ0) is 13.3. The van der Waals surface area contributed by atoms with Gasteiger partial charge < -0.3 is 9.67 Å². The maximum Gasteiger partial charge on any atom is 0.164 e. The quantitative estimate of drug-likeness (QED) is 0.938. The minimum atomic E-state index is -0.130. The number of aliphatic hydroxyl groups excluding tert-OH is 1. The van der Waals surface area contributed by atoms with Crippen molar-refractivity contribution in [3.05, 3.63) is 33.5 Å². The number of rotatable bonds is 3. The highest BCUT2D eigenvalue weighted by molar-refractivity contribution is 9.10. The maximum absolute atomic E-state index is 9.27. The van der Waals surface area contributed by atoms with Gasteiger partial charge in [-0.05, 0) is 48.0 Å². The second-order valence-electron chi connectivity index (χ2n) is 4.19. The Morgan fingerprint density at radius 3 is 2.67 bits per heavy atom. The molecular formula is C12H13BrClN3O. The van der Waals surface area contributed by atoms with Crippen LogP contribution in [0.3, 0.4) is 0 Å². The number of benzene rings is 1. The summed E-state index contributed by atoms with van der Waals surface area (Å²) in [6.07, 6.45) is 0. The van der Waals surface area contributed by atoms with Crippen LogP contribution in [0.5, 0.6) is 0 Å². The van der Waals surface area contributed by atoms with Crippen LogP contribution >= 0.6 is 27.5 Å². The van der Waals surface area contributed by atoms with E-state index in [-0.39, 0.29) is 12.6 Å². The van der Waals surface area contributed by atoms with Gasteiger partial charge in [0.2, 0.25) is 0 Å². The molecule has 0 radical (unpaired) electrons. The second-order valence-corrected chi connectivity index (χ2v) is 5.45. The summed E-state index contributed by atoms with van der Waals surface area (Å²) >= 11 is 9.44. The van der Waals surface area contributed by atoms with Crippen molar-refractivity contribution in [2.45, 2.75) is 26.5 Å². The molecule has 6 heteroatoms. The van der Waals surface area contributed by atoms with Crippen molar-refractivity contribution in [2.75, 3.05) is 0 Å². The van der Waals surface area contributed by atoms with Gasteiger partial charge in [0.05, 0.1) is 5.02 Å². The number of aliphatic hydroxyl groups is 1. The number of halogens is 2. The molecule has 4 nitrogen and oxygen atoms in total. The predicted molar refractivity (Wildman–Crippen MR) is 74.5 cm³/mol. The fourth-order valence-electron chi connectivity index (χ4n) is 1.81. The lowest BCUT2D eigenvalue weighted by molar-refractivity contribution is 0.262. The van der Waals surface area contributed by atoms with E-state index in [9.17, 15) is 5.11 Å². The van der Waals surface area contributed by atoms with Crippen LogP contribution in [0.15, 0.2) is 22.7 Å². The molecule has 0 unspecified atom stereocenters. The van der Waals surface area contributed by atoms with E-state index in [4.69, 9.17) is 11.6 Å². The first-order valence-corrected chi connectivity index (χ1v) is 6.71. The van der Waals surface area contributed by atoms with Gasteiger partial charge in [-0.1, -0.05) is 11.6 Å². The summed E-state index contributed by atoms with van der Waals surface area (Å²) in [5, 5.41) is 18.0. The van der Waals surface area contributed by atoms with Crippen molar-refractivity contribution in [3.63, 3.8) is 0 Å². The molecule has 1 heterocycles. The topological polar surface area (TPSA) is 50.9 Å². The average molecular weight is 331 g/mol. The number of hydrogen-bond donors (Lipinski definition) is 1. The van der Waals surface area contributed by atoms with E-state index in [1.807, 2.05) is 36.6 Å². The fraction of sp³-hybridized carbons (Fsp3) is 0.333. The number of hydrogen-bond acceptors (Lipinski definition) is 3. The van der Waals surface area contributed by atoms with Crippen LogP contribution in [-0.2, 0) is 6.61 Å². The van der Waals surface area contributed by atoms with E-state index in [2.05, 4.69) is 26.1 Å². The summed E-state index contributed by atoms with van der Waals surface area (Å²) in [5.41, 5.74) is 0.879. The first kappa shape index (κ1) is 13.5. The average Bonchev–Trinajstić information content (AvgIpc) is 2.76. The molecule has 2 rings (SSSR count). The molecule has 0 aliphatic heterocycles. The van der Waals surface area contributed by atoms with Gasteiger partial charge in [0.15, 0.2) is 11.6 Å². The Morgan fingerprint density at radius 1 is 1.39 bits per heavy atom. The molecule has 0 bridgehead atoms. The minimum absolute atomic E-state index is 0.130. The summed E-state index contributed by atoms with van der Waals surface area (Å²) in [6.45, 7) is 3.91. The SMILES string of the molecule is CC(C)n1c(CO)nnc1-c1ccc(Br)c(Cl)c1. The monoisotopic (exact) mass is 329 g/mol. The van der Waals surface area contributed by atoms with E-state index in [0.717, 1.165) is 10.0 Å². The van der Waals surface area contributed by atoms with Gasteiger partial charge in [-0.25, -0.2) is 0 Å². The zero-order valence-electron chi connectivity index (χ0n) is 10.1. The third kappa shape index (κ3) is 2.43. The van der Waals surface area contributed by atoms with Crippen LogP contribution in [0.1, 0.15) is 25.7 Å². The molecule has 2 aromatic rings. The number of nitrogens with zero attached hydrogens (tertiary/aromatic N) is 3. The number of aromatic nitrogens is 3. The summed E-state index contributed by atoms with van der Waals surface area (Å²) in [4.78, 5) is 0. The molecule has 18 heavy (non-hydrogen) atoms. The Balaban J connectivity index is 2.56.